The molecule has 1 heterocycles. The minimum absolute atomic E-state index is 0. The fourth-order valence-electron chi connectivity index (χ4n) is 3.06. The lowest BCUT2D eigenvalue weighted by molar-refractivity contribution is -0.122. The van der Waals surface area contributed by atoms with Crippen LogP contribution < -0.4 is 15.4 Å². The van der Waals surface area contributed by atoms with Gasteiger partial charge in [0.1, 0.15) is 5.75 Å². The summed E-state index contributed by atoms with van der Waals surface area (Å²) in [6, 6.07) is 8.03. The van der Waals surface area contributed by atoms with Crippen LogP contribution in [-0.4, -0.2) is 32.7 Å². The maximum absolute atomic E-state index is 12.1. The first-order chi connectivity index (χ1) is 10.7. The molecule has 0 radical (unpaired) electrons. The van der Waals surface area contributed by atoms with Crippen molar-refractivity contribution in [3.05, 3.63) is 29.8 Å². The summed E-state index contributed by atoms with van der Waals surface area (Å²) >= 11 is 0. The van der Waals surface area contributed by atoms with Gasteiger partial charge in [0, 0.05) is 13.0 Å². The number of halogens is 1. The van der Waals surface area contributed by atoms with Crippen molar-refractivity contribution >= 4 is 18.3 Å². The van der Waals surface area contributed by atoms with Gasteiger partial charge in [0.25, 0.3) is 0 Å². The van der Waals surface area contributed by atoms with Crippen LogP contribution in [0.2, 0.25) is 0 Å². The predicted molar refractivity (Wildman–Crippen MR) is 96.3 cm³/mol. The first-order valence-electron chi connectivity index (χ1n) is 8.28. The van der Waals surface area contributed by atoms with E-state index in [1.54, 1.807) is 7.11 Å². The molecule has 1 aromatic carbocycles. The van der Waals surface area contributed by atoms with Gasteiger partial charge in [0.05, 0.1) is 7.11 Å². The molecule has 1 saturated heterocycles. The van der Waals surface area contributed by atoms with Crippen LogP contribution in [0.3, 0.4) is 0 Å². The Morgan fingerprint density at radius 1 is 1.43 bits per heavy atom. The molecule has 1 fully saturated rings. The second-order valence-electron chi connectivity index (χ2n) is 6.34. The third-order valence-corrected chi connectivity index (χ3v) is 4.28. The van der Waals surface area contributed by atoms with Crippen molar-refractivity contribution in [2.24, 2.45) is 11.8 Å². The summed E-state index contributed by atoms with van der Waals surface area (Å²) in [7, 11) is 1.69. The Morgan fingerprint density at radius 2 is 2.22 bits per heavy atom. The maximum atomic E-state index is 12.1. The quantitative estimate of drug-likeness (QED) is 0.802. The first-order valence-corrected chi connectivity index (χ1v) is 8.28. The Labute approximate surface area is 145 Å². The SMILES string of the molecule is COc1ccccc1CC(C)CC(=O)NCC1CCCNC1.Cl. The highest BCUT2D eigenvalue weighted by molar-refractivity contribution is 5.85. The second kappa shape index (κ2) is 10.5. The van der Waals surface area contributed by atoms with Gasteiger partial charge in [-0.05, 0) is 55.8 Å². The molecular weight excluding hydrogens is 312 g/mol. The van der Waals surface area contributed by atoms with E-state index in [9.17, 15) is 4.79 Å². The standard InChI is InChI=1S/C18H28N2O2.ClH/c1-14(10-16-7-3-4-8-17(16)22-2)11-18(21)20-13-15-6-5-9-19-12-15;/h3-4,7-8,14-15,19H,5-6,9-13H2,1-2H3,(H,20,21);1H. The molecule has 0 spiro atoms. The number of amides is 1. The Hall–Kier alpha value is -1.26. The van der Waals surface area contributed by atoms with E-state index in [0.29, 0.717) is 18.3 Å². The molecule has 0 aliphatic carbocycles. The predicted octanol–water partition coefficient (Wildman–Crippen LogP) is 2.80. The summed E-state index contributed by atoms with van der Waals surface area (Å²) in [4.78, 5) is 12.1. The number of para-hydroxylation sites is 1. The normalized spacial score (nSPS) is 18.6. The summed E-state index contributed by atoms with van der Waals surface area (Å²) in [6.45, 7) is 5.05. The van der Waals surface area contributed by atoms with Crippen LogP contribution in [0, 0.1) is 11.8 Å². The molecule has 0 bridgehead atoms. The molecule has 0 saturated carbocycles. The maximum Gasteiger partial charge on any atom is 0.220 e. The Balaban J connectivity index is 0.00000264. The van der Waals surface area contributed by atoms with Crippen molar-refractivity contribution in [3.8, 4) is 5.75 Å². The van der Waals surface area contributed by atoms with Crippen LogP contribution in [-0.2, 0) is 11.2 Å². The number of rotatable bonds is 7. The molecule has 4 nitrogen and oxygen atoms in total. The minimum atomic E-state index is 0. The van der Waals surface area contributed by atoms with Crippen LogP contribution >= 0.6 is 12.4 Å². The Bertz CT molecular complexity index is 476. The molecule has 23 heavy (non-hydrogen) atoms. The Kier molecular flexibility index (Phi) is 9.03. The van der Waals surface area contributed by atoms with E-state index in [2.05, 4.69) is 23.6 Å². The van der Waals surface area contributed by atoms with Gasteiger partial charge in [0.2, 0.25) is 5.91 Å². The van der Waals surface area contributed by atoms with Crippen LogP contribution in [0.25, 0.3) is 0 Å². The van der Waals surface area contributed by atoms with Gasteiger partial charge in [-0.1, -0.05) is 25.1 Å². The topological polar surface area (TPSA) is 50.4 Å². The third-order valence-electron chi connectivity index (χ3n) is 4.28. The highest BCUT2D eigenvalue weighted by Gasteiger charge is 2.16. The van der Waals surface area contributed by atoms with E-state index >= 15 is 0 Å². The van der Waals surface area contributed by atoms with Crippen LogP contribution in [0.1, 0.15) is 31.7 Å². The van der Waals surface area contributed by atoms with E-state index in [1.165, 1.54) is 18.4 Å². The zero-order valence-corrected chi connectivity index (χ0v) is 15.0. The van der Waals surface area contributed by atoms with Gasteiger partial charge in [-0.2, -0.15) is 0 Å². The van der Waals surface area contributed by atoms with Crippen molar-refractivity contribution in [1.29, 1.82) is 0 Å². The van der Waals surface area contributed by atoms with Crippen LogP contribution in [0.4, 0.5) is 0 Å². The fourth-order valence-corrected chi connectivity index (χ4v) is 3.06. The molecule has 5 heteroatoms. The average Bonchev–Trinajstić information content (AvgIpc) is 2.54. The molecule has 130 valence electrons. The smallest absolute Gasteiger partial charge is 0.220 e. The van der Waals surface area contributed by atoms with Gasteiger partial charge >= 0.3 is 0 Å². The molecular formula is C18H29ClN2O2. The van der Waals surface area contributed by atoms with E-state index in [-0.39, 0.29) is 18.3 Å². The summed E-state index contributed by atoms with van der Waals surface area (Å²) in [6.07, 6.45) is 3.86. The molecule has 1 aliphatic heterocycles. The van der Waals surface area contributed by atoms with Crippen molar-refractivity contribution in [2.75, 3.05) is 26.7 Å². The van der Waals surface area contributed by atoms with E-state index < -0.39 is 0 Å². The molecule has 2 N–H and O–H groups in total. The lowest BCUT2D eigenvalue weighted by Gasteiger charge is -2.23. The number of methoxy groups -OCH3 is 1. The lowest BCUT2D eigenvalue weighted by atomic mass is 9.96. The molecule has 2 rings (SSSR count). The summed E-state index contributed by atoms with van der Waals surface area (Å²) in [5.41, 5.74) is 1.17. The number of nitrogens with one attached hydrogen (secondary N) is 2. The minimum Gasteiger partial charge on any atom is -0.496 e. The monoisotopic (exact) mass is 340 g/mol. The van der Waals surface area contributed by atoms with Crippen LogP contribution in [0.15, 0.2) is 24.3 Å². The largest absolute Gasteiger partial charge is 0.496 e. The van der Waals surface area contributed by atoms with Crippen LogP contribution in [0.5, 0.6) is 5.75 Å². The Morgan fingerprint density at radius 3 is 2.91 bits per heavy atom. The molecule has 1 aliphatic rings. The fraction of sp³-hybridized carbons (Fsp3) is 0.611. The number of hydrogen-bond acceptors (Lipinski definition) is 3. The number of piperidine rings is 1. The molecule has 0 aromatic heterocycles. The molecule has 2 atom stereocenters. The van der Waals surface area contributed by atoms with Crippen molar-refractivity contribution in [2.45, 2.75) is 32.6 Å². The van der Waals surface area contributed by atoms with Gasteiger partial charge in [-0.15, -0.1) is 12.4 Å². The number of hydrogen-bond donors (Lipinski definition) is 2. The van der Waals surface area contributed by atoms with Gasteiger partial charge in [-0.3, -0.25) is 4.79 Å². The summed E-state index contributed by atoms with van der Waals surface area (Å²) < 4.78 is 5.37. The van der Waals surface area contributed by atoms with Crippen molar-refractivity contribution in [1.82, 2.24) is 10.6 Å². The van der Waals surface area contributed by atoms with Gasteiger partial charge in [-0.25, -0.2) is 0 Å². The van der Waals surface area contributed by atoms with Gasteiger partial charge in [0.15, 0.2) is 0 Å². The molecule has 1 amide bonds. The van der Waals surface area contributed by atoms with Crippen molar-refractivity contribution in [3.63, 3.8) is 0 Å². The zero-order chi connectivity index (χ0) is 15.8. The third kappa shape index (κ3) is 6.80. The van der Waals surface area contributed by atoms with E-state index in [4.69, 9.17) is 4.74 Å². The zero-order valence-electron chi connectivity index (χ0n) is 14.1. The number of carbonyl (C=O) groups excluding carboxylic acids is 1. The number of ether oxygens (including phenoxy) is 1. The first kappa shape index (κ1) is 19.8. The number of carbonyl (C=O) groups is 1. The molecule has 2 unspecified atom stereocenters. The average molecular weight is 341 g/mol. The lowest BCUT2D eigenvalue weighted by Crippen LogP contribution is -2.38. The molecule has 1 aromatic rings. The van der Waals surface area contributed by atoms with Crippen molar-refractivity contribution < 1.29 is 9.53 Å². The number of benzene rings is 1. The highest BCUT2D eigenvalue weighted by Crippen LogP contribution is 2.22. The summed E-state index contributed by atoms with van der Waals surface area (Å²) in [5.74, 6) is 1.96. The summed E-state index contributed by atoms with van der Waals surface area (Å²) in [5, 5.41) is 6.47. The second-order valence-corrected chi connectivity index (χ2v) is 6.34. The highest BCUT2D eigenvalue weighted by atomic mass is 35.5. The van der Waals surface area contributed by atoms with E-state index in [0.717, 1.165) is 31.8 Å². The van der Waals surface area contributed by atoms with E-state index in [1.807, 2.05) is 18.2 Å². The van der Waals surface area contributed by atoms with Gasteiger partial charge < -0.3 is 15.4 Å².